The van der Waals surface area contributed by atoms with Crippen LogP contribution < -0.4 is 10.3 Å². The third-order valence-electron chi connectivity index (χ3n) is 2.96. The van der Waals surface area contributed by atoms with Gasteiger partial charge in [-0.15, -0.1) is 4.83 Å². The number of sulfonamides is 1. The molecule has 3 N–H and O–H groups in total. The topological polar surface area (TPSA) is 138 Å². The second kappa shape index (κ2) is 7.62. The van der Waals surface area contributed by atoms with Gasteiger partial charge in [-0.1, -0.05) is 12.1 Å². The summed E-state index contributed by atoms with van der Waals surface area (Å²) in [6, 6.07) is 5.69. The number of hydrogen-bond donors (Lipinski definition) is 3. The van der Waals surface area contributed by atoms with Crippen LogP contribution in [0.2, 0.25) is 0 Å². The van der Waals surface area contributed by atoms with E-state index >= 15 is 0 Å². The summed E-state index contributed by atoms with van der Waals surface area (Å²) in [4.78, 5) is 31.6. The maximum absolute atomic E-state index is 12.1. The molecule has 2 aromatic rings. The monoisotopic (exact) mass is 350 g/mol. The normalized spacial score (nSPS) is 11.0. The van der Waals surface area contributed by atoms with Gasteiger partial charge in [0.25, 0.3) is 15.9 Å². The number of hydrogen-bond acceptors (Lipinski definition) is 6. The second-order valence-electron chi connectivity index (χ2n) is 4.69. The van der Waals surface area contributed by atoms with Crippen molar-refractivity contribution in [3.63, 3.8) is 0 Å². The fourth-order valence-electron chi connectivity index (χ4n) is 1.74. The number of aliphatic carboxylic acids is 1. The number of aromatic nitrogens is 2. The molecule has 2 rings (SSSR count). The molecule has 0 bridgehead atoms. The molecule has 1 aromatic carbocycles. The van der Waals surface area contributed by atoms with Crippen LogP contribution >= 0.6 is 0 Å². The lowest BCUT2D eigenvalue weighted by Crippen LogP contribution is -2.41. The summed E-state index contributed by atoms with van der Waals surface area (Å²) in [5.74, 6) is -1.68. The molecule has 24 heavy (non-hydrogen) atoms. The largest absolute Gasteiger partial charge is 0.481 e. The number of carbonyl (C=O) groups is 2. The van der Waals surface area contributed by atoms with Gasteiger partial charge in [-0.2, -0.15) is 0 Å². The van der Waals surface area contributed by atoms with E-state index in [1.54, 1.807) is 0 Å². The van der Waals surface area contributed by atoms with Crippen molar-refractivity contribution in [2.24, 2.45) is 0 Å². The molecule has 0 radical (unpaired) electrons. The maximum atomic E-state index is 12.1. The van der Waals surface area contributed by atoms with Gasteiger partial charge in [0, 0.05) is 18.8 Å². The molecule has 0 atom stereocenters. The predicted octanol–water partition coefficient (Wildman–Crippen LogP) is 0.117. The Morgan fingerprint density at radius 1 is 1.12 bits per heavy atom. The molecule has 0 aliphatic heterocycles. The molecule has 10 heteroatoms. The molecular weight excluding hydrogens is 336 g/mol. The van der Waals surface area contributed by atoms with E-state index in [1.165, 1.54) is 42.9 Å². The Balaban J connectivity index is 1.99. The predicted molar refractivity (Wildman–Crippen MR) is 82.2 cm³/mol. The summed E-state index contributed by atoms with van der Waals surface area (Å²) in [5, 5.41) is 8.62. The smallest absolute Gasteiger partial charge is 0.303 e. The molecule has 1 heterocycles. The molecule has 0 spiro atoms. The highest BCUT2D eigenvalue weighted by Gasteiger charge is 2.16. The standard InChI is InChI=1S/C14H14N4O5S/c19-13(20)6-3-10-1-4-11(5-2-10)24(22,23)18-17-14(21)12-9-15-7-8-16-12/h1-2,4-5,7-9,18H,3,6H2,(H,17,21)(H,19,20). The molecule has 0 saturated carbocycles. The lowest BCUT2D eigenvalue weighted by atomic mass is 10.1. The Kier molecular flexibility index (Phi) is 5.55. The van der Waals surface area contributed by atoms with Gasteiger partial charge in [0.15, 0.2) is 0 Å². The third kappa shape index (κ3) is 4.83. The van der Waals surface area contributed by atoms with Crippen LogP contribution in [0.15, 0.2) is 47.8 Å². The fraction of sp³-hybridized carbons (Fsp3) is 0.143. The maximum Gasteiger partial charge on any atom is 0.303 e. The SMILES string of the molecule is O=C(O)CCc1ccc(S(=O)(=O)NNC(=O)c2cnccn2)cc1. The van der Waals surface area contributed by atoms with Gasteiger partial charge < -0.3 is 5.11 Å². The Morgan fingerprint density at radius 3 is 2.42 bits per heavy atom. The molecule has 0 aliphatic carbocycles. The lowest BCUT2D eigenvalue weighted by molar-refractivity contribution is -0.136. The van der Waals surface area contributed by atoms with Crippen LogP contribution in [0.1, 0.15) is 22.5 Å². The van der Waals surface area contributed by atoms with Gasteiger partial charge in [0.1, 0.15) is 5.69 Å². The van der Waals surface area contributed by atoms with Crippen LogP contribution in [0.4, 0.5) is 0 Å². The first kappa shape index (κ1) is 17.5. The van der Waals surface area contributed by atoms with E-state index in [1.807, 2.05) is 10.3 Å². The first-order valence-electron chi connectivity index (χ1n) is 6.77. The van der Waals surface area contributed by atoms with Crippen LogP contribution in [-0.4, -0.2) is 35.4 Å². The minimum absolute atomic E-state index is 0.0378. The molecular formula is C14H14N4O5S. The quantitative estimate of drug-likeness (QED) is 0.603. The Hall–Kier alpha value is -2.85. The van der Waals surface area contributed by atoms with Crippen molar-refractivity contribution in [1.82, 2.24) is 20.2 Å². The zero-order valence-electron chi connectivity index (χ0n) is 12.3. The van der Waals surface area contributed by atoms with Crippen LogP contribution in [0.5, 0.6) is 0 Å². The van der Waals surface area contributed by atoms with Crippen molar-refractivity contribution < 1.29 is 23.1 Å². The number of benzene rings is 1. The van der Waals surface area contributed by atoms with E-state index in [9.17, 15) is 18.0 Å². The summed E-state index contributed by atoms with van der Waals surface area (Å²) in [6.07, 6.45) is 4.14. The molecule has 1 aromatic heterocycles. The summed E-state index contributed by atoms with van der Waals surface area (Å²) < 4.78 is 24.2. The van der Waals surface area contributed by atoms with Crippen molar-refractivity contribution in [2.45, 2.75) is 17.7 Å². The van der Waals surface area contributed by atoms with Gasteiger partial charge in [-0.05, 0) is 24.1 Å². The van der Waals surface area contributed by atoms with Crippen LogP contribution in [0.3, 0.4) is 0 Å². The van der Waals surface area contributed by atoms with Crippen molar-refractivity contribution >= 4 is 21.9 Å². The van der Waals surface area contributed by atoms with Crippen LogP contribution in [0.25, 0.3) is 0 Å². The molecule has 1 amide bonds. The first-order chi connectivity index (χ1) is 11.4. The van der Waals surface area contributed by atoms with Gasteiger partial charge in [0.05, 0.1) is 11.1 Å². The number of hydrazine groups is 1. The van der Waals surface area contributed by atoms with Crippen molar-refractivity contribution in [3.05, 3.63) is 54.1 Å². The number of aryl methyl sites for hydroxylation is 1. The highest BCUT2D eigenvalue weighted by atomic mass is 32.2. The Morgan fingerprint density at radius 2 is 1.83 bits per heavy atom. The summed E-state index contributed by atoms with van der Waals surface area (Å²) in [5.41, 5.74) is 2.69. The van der Waals surface area contributed by atoms with E-state index < -0.39 is 21.9 Å². The molecule has 126 valence electrons. The number of carbonyl (C=O) groups excluding carboxylic acids is 1. The Bertz CT molecular complexity index is 822. The van der Waals surface area contributed by atoms with E-state index in [0.29, 0.717) is 12.0 Å². The van der Waals surface area contributed by atoms with E-state index in [0.717, 1.165) is 0 Å². The average Bonchev–Trinajstić information content (AvgIpc) is 2.59. The van der Waals surface area contributed by atoms with Gasteiger partial charge in [-0.3, -0.25) is 20.0 Å². The van der Waals surface area contributed by atoms with E-state index in [4.69, 9.17) is 5.11 Å². The number of rotatable bonds is 7. The van der Waals surface area contributed by atoms with Gasteiger partial charge >= 0.3 is 5.97 Å². The van der Waals surface area contributed by atoms with E-state index in [-0.39, 0.29) is 17.0 Å². The number of carboxylic acids is 1. The molecule has 0 saturated heterocycles. The van der Waals surface area contributed by atoms with Gasteiger partial charge in [0.2, 0.25) is 0 Å². The highest BCUT2D eigenvalue weighted by molar-refractivity contribution is 7.89. The highest BCUT2D eigenvalue weighted by Crippen LogP contribution is 2.11. The fourth-order valence-corrected chi connectivity index (χ4v) is 2.58. The minimum atomic E-state index is -3.96. The third-order valence-corrected chi connectivity index (χ3v) is 4.22. The van der Waals surface area contributed by atoms with Gasteiger partial charge in [-0.25, -0.2) is 13.4 Å². The molecule has 0 aliphatic rings. The zero-order chi connectivity index (χ0) is 17.6. The summed E-state index contributed by atoms with van der Waals surface area (Å²) in [7, 11) is -3.96. The minimum Gasteiger partial charge on any atom is -0.481 e. The van der Waals surface area contributed by atoms with Crippen LogP contribution in [-0.2, 0) is 21.2 Å². The first-order valence-corrected chi connectivity index (χ1v) is 8.26. The lowest BCUT2D eigenvalue weighted by Gasteiger charge is -2.08. The number of nitrogens with zero attached hydrogens (tertiary/aromatic N) is 2. The zero-order valence-corrected chi connectivity index (χ0v) is 13.2. The van der Waals surface area contributed by atoms with Crippen molar-refractivity contribution in [3.8, 4) is 0 Å². The molecule has 9 nitrogen and oxygen atoms in total. The van der Waals surface area contributed by atoms with Crippen molar-refractivity contribution in [1.29, 1.82) is 0 Å². The number of nitrogens with one attached hydrogen (secondary N) is 2. The summed E-state index contributed by atoms with van der Waals surface area (Å²) >= 11 is 0. The summed E-state index contributed by atoms with van der Waals surface area (Å²) in [6.45, 7) is 0. The average molecular weight is 350 g/mol. The molecule has 0 unspecified atom stereocenters. The Labute approximate surface area is 137 Å². The van der Waals surface area contributed by atoms with Crippen molar-refractivity contribution in [2.75, 3.05) is 0 Å². The second-order valence-corrected chi connectivity index (χ2v) is 6.37. The number of carboxylic acid groups (broad SMARTS) is 1. The molecule has 0 fully saturated rings. The van der Waals surface area contributed by atoms with Crippen LogP contribution in [0, 0.1) is 0 Å². The number of amides is 1. The van der Waals surface area contributed by atoms with E-state index in [2.05, 4.69) is 9.97 Å².